The molecule has 4 nitrogen and oxygen atoms in total. The van der Waals surface area contributed by atoms with E-state index in [0.717, 1.165) is 22.6 Å². The van der Waals surface area contributed by atoms with E-state index >= 15 is 0 Å². The summed E-state index contributed by atoms with van der Waals surface area (Å²) in [5, 5.41) is 0.510. The Bertz CT molecular complexity index is 860. The van der Waals surface area contributed by atoms with E-state index in [-0.39, 0.29) is 0 Å². The van der Waals surface area contributed by atoms with E-state index in [1.807, 2.05) is 60.7 Å². The van der Waals surface area contributed by atoms with Crippen molar-refractivity contribution >= 4 is 11.6 Å². The van der Waals surface area contributed by atoms with Crippen LogP contribution in [-0.4, -0.2) is 14.2 Å². The van der Waals surface area contributed by atoms with Gasteiger partial charge in [-0.15, -0.1) is 0 Å². The van der Waals surface area contributed by atoms with Crippen molar-refractivity contribution in [1.82, 2.24) is 0 Å². The molecular weight excluding hydrogens is 364 g/mol. The Labute approximate surface area is 164 Å². The molecule has 0 aliphatic rings. The number of para-hydroxylation sites is 1. The second-order valence-corrected chi connectivity index (χ2v) is 6.25. The molecular formula is C22H21ClO4. The minimum atomic E-state index is 0.382. The third-order valence-electron chi connectivity index (χ3n) is 4.03. The van der Waals surface area contributed by atoms with Crippen LogP contribution in [0.3, 0.4) is 0 Å². The summed E-state index contributed by atoms with van der Waals surface area (Å²) in [6, 6.07) is 20.9. The lowest BCUT2D eigenvalue weighted by atomic mass is 10.2. The molecule has 0 N–H and O–H groups in total. The van der Waals surface area contributed by atoms with E-state index in [2.05, 4.69) is 0 Å². The number of halogens is 1. The molecule has 0 atom stereocenters. The SMILES string of the molecule is COc1ccc(COc2cccc(Cl)c2OCc2ccc(OC)cc2)cc1. The van der Waals surface area contributed by atoms with Gasteiger partial charge in [-0.1, -0.05) is 41.9 Å². The minimum absolute atomic E-state index is 0.382. The van der Waals surface area contributed by atoms with E-state index < -0.39 is 0 Å². The third-order valence-corrected chi connectivity index (χ3v) is 4.32. The maximum Gasteiger partial charge on any atom is 0.180 e. The highest BCUT2D eigenvalue weighted by Crippen LogP contribution is 2.36. The monoisotopic (exact) mass is 384 g/mol. The van der Waals surface area contributed by atoms with Crippen molar-refractivity contribution in [2.45, 2.75) is 13.2 Å². The van der Waals surface area contributed by atoms with Gasteiger partial charge < -0.3 is 18.9 Å². The summed E-state index contributed by atoms with van der Waals surface area (Å²) < 4.78 is 22.2. The Balaban J connectivity index is 1.67. The van der Waals surface area contributed by atoms with Crippen LogP contribution in [0.25, 0.3) is 0 Å². The molecule has 0 saturated heterocycles. The van der Waals surface area contributed by atoms with Gasteiger partial charge in [0.1, 0.15) is 24.7 Å². The Hall–Kier alpha value is -2.85. The molecule has 0 spiro atoms. The fourth-order valence-electron chi connectivity index (χ4n) is 2.50. The van der Waals surface area contributed by atoms with Crippen molar-refractivity contribution in [3.05, 3.63) is 82.9 Å². The zero-order valence-corrected chi connectivity index (χ0v) is 16.0. The molecule has 0 bridgehead atoms. The normalized spacial score (nSPS) is 10.3. The average molecular weight is 385 g/mol. The first kappa shape index (κ1) is 18.9. The summed E-state index contributed by atoms with van der Waals surface area (Å²) in [5.74, 6) is 2.75. The minimum Gasteiger partial charge on any atom is -0.497 e. The van der Waals surface area contributed by atoms with Crippen LogP contribution in [0.4, 0.5) is 0 Å². The molecule has 0 aliphatic heterocycles. The third kappa shape index (κ3) is 5.08. The van der Waals surface area contributed by atoms with Crippen molar-refractivity contribution < 1.29 is 18.9 Å². The highest BCUT2D eigenvalue weighted by Gasteiger charge is 2.11. The summed E-state index contributed by atoms with van der Waals surface area (Å²) in [5.41, 5.74) is 2.04. The Morgan fingerprint density at radius 1 is 0.667 bits per heavy atom. The van der Waals surface area contributed by atoms with Gasteiger partial charge in [0, 0.05) is 0 Å². The van der Waals surface area contributed by atoms with Crippen molar-refractivity contribution in [2.75, 3.05) is 14.2 Å². The van der Waals surface area contributed by atoms with Crippen LogP contribution in [0, 0.1) is 0 Å². The summed E-state index contributed by atoms with van der Waals surface area (Å²) in [4.78, 5) is 0. The topological polar surface area (TPSA) is 36.9 Å². The molecule has 0 amide bonds. The number of ether oxygens (including phenoxy) is 4. The van der Waals surface area contributed by atoms with Crippen molar-refractivity contribution in [1.29, 1.82) is 0 Å². The zero-order valence-electron chi connectivity index (χ0n) is 15.3. The summed E-state index contributed by atoms with van der Waals surface area (Å²) in [6.07, 6.45) is 0. The molecule has 0 fully saturated rings. The van der Waals surface area contributed by atoms with Crippen LogP contribution < -0.4 is 18.9 Å². The number of methoxy groups -OCH3 is 2. The number of hydrogen-bond acceptors (Lipinski definition) is 4. The highest BCUT2D eigenvalue weighted by molar-refractivity contribution is 6.32. The first-order chi connectivity index (χ1) is 13.2. The largest absolute Gasteiger partial charge is 0.497 e. The smallest absolute Gasteiger partial charge is 0.180 e. The molecule has 0 saturated carbocycles. The van der Waals surface area contributed by atoms with Crippen LogP contribution in [-0.2, 0) is 13.2 Å². The molecule has 0 aromatic heterocycles. The lowest BCUT2D eigenvalue weighted by Gasteiger charge is -2.14. The molecule has 0 aliphatic carbocycles. The van der Waals surface area contributed by atoms with Crippen LogP contribution in [0.1, 0.15) is 11.1 Å². The van der Waals surface area contributed by atoms with Gasteiger partial charge in [-0.2, -0.15) is 0 Å². The van der Waals surface area contributed by atoms with Gasteiger partial charge in [0.15, 0.2) is 11.5 Å². The van der Waals surface area contributed by atoms with Gasteiger partial charge in [0.05, 0.1) is 19.2 Å². The lowest BCUT2D eigenvalue weighted by molar-refractivity contribution is 0.256. The Morgan fingerprint density at radius 3 is 1.70 bits per heavy atom. The Kier molecular flexibility index (Phi) is 6.44. The van der Waals surface area contributed by atoms with Gasteiger partial charge in [0.2, 0.25) is 0 Å². The van der Waals surface area contributed by atoms with Crippen molar-refractivity contribution in [2.24, 2.45) is 0 Å². The van der Waals surface area contributed by atoms with Gasteiger partial charge in [-0.3, -0.25) is 0 Å². The van der Waals surface area contributed by atoms with E-state index in [9.17, 15) is 0 Å². The quantitative estimate of drug-likeness (QED) is 0.512. The molecule has 3 aromatic carbocycles. The van der Waals surface area contributed by atoms with E-state index in [1.165, 1.54) is 0 Å². The molecule has 0 unspecified atom stereocenters. The number of hydrogen-bond donors (Lipinski definition) is 0. The fourth-order valence-corrected chi connectivity index (χ4v) is 2.72. The Morgan fingerprint density at radius 2 is 1.19 bits per heavy atom. The van der Waals surface area contributed by atoms with E-state index in [1.54, 1.807) is 20.3 Å². The zero-order chi connectivity index (χ0) is 19.1. The fraction of sp³-hybridized carbons (Fsp3) is 0.182. The standard InChI is InChI=1S/C22H21ClO4/c1-24-18-10-6-16(7-11-18)14-26-21-5-3-4-20(23)22(21)27-15-17-8-12-19(25-2)13-9-17/h3-13H,14-15H2,1-2H3. The van der Waals surface area contributed by atoms with Crippen molar-refractivity contribution in [3.63, 3.8) is 0 Å². The number of rotatable bonds is 8. The van der Waals surface area contributed by atoms with Gasteiger partial charge in [-0.05, 0) is 47.5 Å². The summed E-state index contributed by atoms with van der Waals surface area (Å²) in [6.45, 7) is 0.788. The predicted molar refractivity (Wildman–Crippen MR) is 106 cm³/mol. The van der Waals surface area contributed by atoms with Crippen LogP contribution in [0.15, 0.2) is 66.7 Å². The molecule has 5 heteroatoms. The van der Waals surface area contributed by atoms with Gasteiger partial charge in [0.25, 0.3) is 0 Å². The molecule has 0 radical (unpaired) electrons. The average Bonchev–Trinajstić information content (AvgIpc) is 2.72. The van der Waals surface area contributed by atoms with E-state index in [0.29, 0.717) is 29.7 Å². The first-order valence-corrected chi connectivity index (χ1v) is 8.87. The van der Waals surface area contributed by atoms with Gasteiger partial charge >= 0.3 is 0 Å². The number of benzene rings is 3. The van der Waals surface area contributed by atoms with Crippen molar-refractivity contribution in [3.8, 4) is 23.0 Å². The van der Waals surface area contributed by atoms with Gasteiger partial charge in [-0.25, -0.2) is 0 Å². The van der Waals surface area contributed by atoms with Crippen LogP contribution in [0.2, 0.25) is 5.02 Å². The molecule has 3 rings (SSSR count). The van der Waals surface area contributed by atoms with Crippen LogP contribution >= 0.6 is 11.6 Å². The van der Waals surface area contributed by atoms with Crippen LogP contribution in [0.5, 0.6) is 23.0 Å². The molecule has 0 heterocycles. The highest BCUT2D eigenvalue weighted by atomic mass is 35.5. The second kappa shape index (κ2) is 9.19. The maximum atomic E-state index is 6.32. The molecule has 3 aromatic rings. The lowest BCUT2D eigenvalue weighted by Crippen LogP contribution is -2.01. The maximum absolute atomic E-state index is 6.32. The molecule has 140 valence electrons. The summed E-state index contributed by atoms with van der Waals surface area (Å²) >= 11 is 6.32. The first-order valence-electron chi connectivity index (χ1n) is 8.49. The molecule has 27 heavy (non-hydrogen) atoms. The summed E-state index contributed by atoms with van der Waals surface area (Å²) in [7, 11) is 3.28. The predicted octanol–water partition coefficient (Wildman–Crippen LogP) is 5.52. The van der Waals surface area contributed by atoms with E-state index in [4.69, 9.17) is 30.5 Å². The second-order valence-electron chi connectivity index (χ2n) is 5.84.